The summed E-state index contributed by atoms with van der Waals surface area (Å²) in [6.45, 7) is 3.69. The predicted molar refractivity (Wildman–Crippen MR) is 118 cm³/mol. The zero-order valence-electron chi connectivity index (χ0n) is 16.9. The van der Waals surface area contributed by atoms with E-state index in [9.17, 15) is 4.79 Å². The maximum Gasteiger partial charge on any atom is 0.255 e. The number of nitrogens with zero attached hydrogens (tertiary/aromatic N) is 2. The lowest BCUT2D eigenvalue weighted by Gasteiger charge is -2.51. The van der Waals surface area contributed by atoms with Crippen molar-refractivity contribution in [2.24, 2.45) is 5.92 Å². The fourth-order valence-electron chi connectivity index (χ4n) is 4.30. The number of piperidine rings is 3. The Morgan fingerprint density at radius 2 is 2.11 bits per heavy atom. The first-order valence-electron chi connectivity index (χ1n) is 9.81. The Balaban J connectivity index is 1.80. The smallest absolute Gasteiger partial charge is 0.255 e. The summed E-state index contributed by atoms with van der Waals surface area (Å²) in [5.74, 6) is 1.72. The minimum atomic E-state index is -0.136. The van der Waals surface area contributed by atoms with E-state index in [1.54, 1.807) is 23.9 Å². The van der Waals surface area contributed by atoms with Crippen LogP contribution in [0.1, 0.15) is 23.2 Å². The van der Waals surface area contributed by atoms with Gasteiger partial charge in [-0.1, -0.05) is 11.6 Å². The molecule has 1 amide bonds. The normalized spacial score (nSPS) is 26.5. The lowest BCUT2D eigenvalue weighted by Crippen LogP contribution is -2.65. The standard InChI is InChI=1S/C20H31ClN4O2S/c1-24(2)12-17-19(13-4-6-25(17)7-5-13)23-20(26)14-10-15(21)16(22)11-18(14)27-8-9-28-3/h10-11,13,17,19H,4-9,12,22H2,1-3H3,(H,23,26). The summed E-state index contributed by atoms with van der Waals surface area (Å²) in [7, 11) is 4.17. The Kier molecular flexibility index (Phi) is 7.36. The fraction of sp³-hybridized carbons (Fsp3) is 0.650. The number of nitrogens with two attached hydrogens (primary N) is 1. The summed E-state index contributed by atoms with van der Waals surface area (Å²) in [6, 6.07) is 3.75. The van der Waals surface area contributed by atoms with E-state index in [2.05, 4.69) is 29.2 Å². The van der Waals surface area contributed by atoms with Gasteiger partial charge in [-0.05, 0) is 58.3 Å². The zero-order chi connectivity index (χ0) is 20.3. The van der Waals surface area contributed by atoms with Crippen LogP contribution in [0.3, 0.4) is 0 Å². The predicted octanol–water partition coefficient (Wildman–Crippen LogP) is 2.42. The maximum atomic E-state index is 13.2. The Bertz CT molecular complexity index is 695. The van der Waals surface area contributed by atoms with Crippen molar-refractivity contribution in [1.82, 2.24) is 15.1 Å². The second-order valence-electron chi connectivity index (χ2n) is 7.91. The summed E-state index contributed by atoms with van der Waals surface area (Å²) < 4.78 is 5.84. The van der Waals surface area contributed by atoms with E-state index in [-0.39, 0.29) is 11.9 Å². The highest BCUT2D eigenvalue weighted by Gasteiger charge is 2.43. The van der Waals surface area contributed by atoms with Crippen LogP contribution >= 0.6 is 23.4 Å². The van der Waals surface area contributed by atoms with Gasteiger partial charge in [-0.2, -0.15) is 11.8 Å². The second-order valence-corrected chi connectivity index (χ2v) is 9.31. The first-order chi connectivity index (χ1) is 13.4. The van der Waals surface area contributed by atoms with Gasteiger partial charge >= 0.3 is 0 Å². The van der Waals surface area contributed by atoms with Gasteiger partial charge in [0, 0.05) is 30.4 Å². The van der Waals surface area contributed by atoms with E-state index in [0.29, 0.717) is 40.6 Å². The summed E-state index contributed by atoms with van der Waals surface area (Å²) in [4.78, 5) is 17.9. The Labute approximate surface area is 177 Å². The number of hydrogen-bond donors (Lipinski definition) is 2. The van der Waals surface area contributed by atoms with Crippen LogP contribution in [0.5, 0.6) is 5.75 Å². The van der Waals surface area contributed by atoms with Crippen molar-refractivity contribution in [1.29, 1.82) is 0 Å². The van der Waals surface area contributed by atoms with E-state index >= 15 is 0 Å². The van der Waals surface area contributed by atoms with Crippen molar-refractivity contribution in [2.45, 2.75) is 24.9 Å². The molecule has 0 aromatic heterocycles. The van der Waals surface area contributed by atoms with E-state index in [1.165, 1.54) is 0 Å². The summed E-state index contributed by atoms with van der Waals surface area (Å²) >= 11 is 7.91. The number of thioether (sulfide) groups is 1. The maximum absolute atomic E-state index is 13.2. The summed E-state index contributed by atoms with van der Waals surface area (Å²) in [5.41, 5.74) is 6.82. The Morgan fingerprint density at radius 1 is 1.39 bits per heavy atom. The molecule has 3 heterocycles. The average molecular weight is 427 g/mol. The Hall–Kier alpha value is -1.15. The van der Waals surface area contributed by atoms with Crippen molar-refractivity contribution >= 4 is 35.0 Å². The number of ether oxygens (including phenoxy) is 1. The molecule has 3 N–H and O–H groups in total. The molecule has 4 rings (SSSR count). The van der Waals surface area contributed by atoms with Crippen molar-refractivity contribution in [3.63, 3.8) is 0 Å². The monoisotopic (exact) mass is 426 g/mol. The average Bonchev–Trinajstić information content (AvgIpc) is 2.66. The summed E-state index contributed by atoms with van der Waals surface area (Å²) in [6.07, 6.45) is 4.29. The van der Waals surface area contributed by atoms with Gasteiger partial charge in [0.25, 0.3) is 5.91 Å². The van der Waals surface area contributed by atoms with Gasteiger partial charge < -0.3 is 20.7 Å². The van der Waals surface area contributed by atoms with Crippen LogP contribution in [-0.2, 0) is 0 Å². The van der Waals surface area contributed by atoms with Crippen LogP contribution in [0.15, 0.2) is 12.1 Å². The molecule has 156 valence electrons. The van der Waals surface area contributed by atoms with Gasteiger partial charge in [0.1, 0.15) is 5.75 Å². The van der Waals surface area contributed by atoms with Crippen molar-refractivity contribution in [2.75, 3.05) is 58.1 Å². The van der Waals surface area contributed by atoms with Crippen LogP contribution in [0.2, 0.25) is 5.02 Å². The topological polar surface area (TPSA) is 70.8 Å². The van der Waals surface area contributed by atoms with Gasteiger partial charge in [0.05, 0.1) is 22.9 Å². The molecule has 6 nitrogen and oxygen atoms in total. The molecule has 3 saturated heterocycles. The number of nitrogens with one attached hydrogen (secondary N) is 1. The molecule has 2 unspecified atom stereocenters. The Morgan fingerprint density at radius 3 is 2.75 bits per heavy atom. The number of anilines is 1. The van der Waals surface area contributed by atoms with Crippen LogP contribution in [0.4, 0.5) is 5.69 Å². The van der Waals surface area contributed by atoms with Gasteiger partial charge in [-0.15, -0.1) is 0 Å². The van der Waals surface area contributed by atoms with Crippen LogP contribution < -0.4 is 15.8 Å². The van der Waals surface area contributed by atoms with Gasteiger partial charge in [0.15, 0.2) is 0 Å². The molecule has 3 fully saturated rings. The third kappa shape index (κ3) is 4.87. The molecule has 0 radical (unpaired) electrons. The second kappa shape index (κ2) is 9.57. The molecule has 3 aliphatic rings. The van der Waals surface area contributed by atoms with E-state index in [4.69, 9.17) is 22.1 Å². The van der Waals surface area contributed by atoms with Gasteiger partial charge in [-0.25, -0.2) is 0 Å². The third-order valence-corrected chi connectivity index (χ3v) is 6.61. The lowest BCUT2D eigenvalue weighted by atomic mass is 9.78. The molecule has 0 spiro atoms. The molecule has 28 heavy (non-hydrogen) atoms. The lowest BCUT2D eigenvalue weighted by molar-refractivity contribution is 0.00300. The minimum absolute atomic E-state index is 0.132. The quantitative estimate of drug-likeness (QED) is 0.491. The highest BCUT2D eigenvalue weighted by Crippen LogP contribution is 2.34. The van der Waals surface area contributed by atoms with E-state index in [1.807, 2.05) is 6.26 Å². The first kappa shape index (κ1) is 21.6. The molecule has 0 aliphatic carbocycles. The molecular formula is C20H31ClN4O2S. The number of rotatable bonds is 8. The number of fused-ring (bicyclic) bond motifs is 3. The minimum Gasteiger partial charge on any atom is -0.492 e. The summed E-state index contributed by atoms with van der Waals surface area (Å²) in [5, 5.41) is 3.68. The number of carbonyl (C=O) groups is 1. The van der Waals surface area contributed by atoms with Crippen LogP contribution in [0.25, 0.3) is 0 Å². The molecule has 0 saturated carbocycles. The number of nitrogen functional groups attached to an aromatic ring is 1. The molecule has 2 atom stereocenters. The number of benzene rings is 1. The number of likely N-dealkylation sites (N-methyl/N-ethyl adjacent to an activating group) is 1. The largest absolute Gasteiger partial charge is 0.492 e. The zero-order valence-corrected chi connectivity index (χ0v) is 18.5. The first-order valence-corrected chi connectivity index (χ1v) is 11.6. The fourth-order valence-corrected chi connectivity index (χ4v) is 4.71. The number of hydrogen-bond acceptors (Lipinski definition) is 6. The van der Waals surface area contributed by atoms with Gasteiger partial charge in [0.2, 0.25) is 0 Å². The SMILES string of the molecule is CSCCOc1cc(N)c(Cl)cc1C(=O)NC1C2CCN(CC2)C1CN(C)C. The molecular weight excluding hydrogens is 396 g/mol. The number of halogens is 1. The highest BCUT2D eigenvalue weighted by molar-refractivity contribution is 7.98. The van der Waals surface area contributed by atoms with Crippen LogP contribution in [0, 0.1) is 5.92 Å². The molecule has 8 heteroatoms. The van der Waals surface area contributed by atoms with Crippen molar-refractivity contribution in [3.05, 3.63) is 22.7 Å². The van der Waals surface area contributed by atoms with Crippen molar-refractivity contribution < 1.29 is 9.53 Å². The molecule has 3 aliphatic heterocycles. The third-order valence-electron chi connectivity index (χ3n) is 5.70. The van der Waals surface area contributed by atoms with E-state index in [0.717, 1.165) is 38.2 Å². The number of amides is 1. The highest BCUT2D eigenvalue weighted by atomic mass is 35.5. The van der Waals surface area contributed by atoms with Crippen molar-refractivity contribution in [3.8, 4) is 5.75 Å². The van der Waals surface area contributed by atoms with E-state index < -0.39 is 0 Å². The van der Waals surface area contributed by atoms with Gasteiger partial charge in [-0.3, -0.25) is 9.69 Å². The molecule has 2 bridgehead atoms. The molecule has 1 aromatic carbocycles. The number of carbonyl (C=O) groups excluding carboxylic acids is 1. The molecule has 1 aromatic rings. The van der Waals surface area contributed by atoms with Crippen LogP contribution in [-0.4, -0.2) is 80.1 Å².